The van der Waals surface area contributed by atoms with E-state index in [2.05, 4.69) is 20.0 Å². The summed E-state index contributed by atoms with van der Waals surface area (Å²) in [5.74, 6) is -0.410. The molecular weight excluding hydrogens is 473 g/mol. The smallest absolute Gasteiger partial charge is 0.417 e. The van der Waals surface area contributed by atoms with Gasteiger partial charge in [0.05, 0.1) is 29.6 Å². The maximum Gasteiger partial charge on any atom is 0.417 e. The quantitative estimate of drug-likeness (QED) is 0.457. The predicted octanol–water partition coefficient (Wildman–Crippen LogP) is 3.74. The third-order valence-electron chi connectivity index (χ3n) is 4.97. The van der Waals surface area contributed by atoms with Gasteiger partial charge in [-0.05, 0) is 30.2 Å². The van der Waals surface area contributed by atoms with Crippen LogP contribution in [0.25, 0.3) is 10.9 Å². The molecule has 0 aliphatic rings. The van der Waals surface area contributed by atoms with E-state index in [0.717, 1.165) is 12.1 Å². The van der Waals surface area contributed by atoms with Crippen LogP contribution < -0.4 is 10.0 Å². The first-order chi connectivity index (χ1) is 15.9. The topological polar surface area (TPSA) is 110 Å². The van der Waals surface area contributed by atoms with Crippen LogP contribution in [0.15, 0.2) is 53.4 Å². The maximum absolute atomic E-state index is 13.3. The number of halogens is 3. The van der Waals surface area contributed by atoms with Crippen LogP contribution in [0.4, 0.5) is 19.0 Å². The highest BCUT2D eigenvalue weighted by atomic mass is 32.2. The number of carbonyl (C=O) groups is 1. The summed E-state index contributed by atoms with van der Waals surface area (Å²) in [6, 6.07) is 10.00. The van der Waals surface area contributed by atoms with Crippen molar-refractivity contribution in [3.63, 3.8) is 0 Å². The van der Waals surface area contributed by atoms with Crippen LogP contribution in [0.2, 0.25) is 0 Å². The van der Waals surface area contributed by atoms with Crippen molar-refractivity contribution >= 4 is 32.7 Å². The van der Waals surface area contributed by atoms with Gasteiger partial charge in [0, 0.05) is 5.39 Å². The number of fused-ring (bicyclic) bond motifs is 1. The van der Waals surface area contributed by atoms with Crippen LogP contribution in [-0.4, -0.2) is 37.5 Å². The van der Waals surface area contributed by atoms with Gasteiger partial charge in [-0.15, -0.1) is 0 Å². The van der Waals surface area contributed by atoms with Gasteiger partial charge in [-0.3, -0.25) is 0 Å². The van der Waals surface area contributed by atoms with Gasteiger partial charge in [0.1, 0.15) is 17.7 Å². The molecule has 0 spiro atoms. The Morgan fingerprint density at radius 2 is 1.71 bits per heavy atom. The third-order valence-corrected chi connectivity index (χ3v) is 6.43. The molecule has 0 fully saturated rings. The Bertz CT molecular complexity index is 1300. The number of hydrogen-bond donors (Lipinski definition) is 2. The molecule has 2 aromatic carbocycles. The second-order valence-corrected chi connectivity index (χ2v) is 9.45. The number of para-hydroxylation sites is 1. The number of sulfonamides is 1. The van der Waals surface area contributed by atoms with Crippen molar-refractivity contribution in [3.8, 4) is 0 Å². The number of esters is 1. The van der Waals surface area contributed by atoms with Gasteiger partial charge in [0.2, 0.25) is 10.0 Å². The normalized spacial score (nSPS) is 13.1. The number of nitrogens with zero attached hydrogens (tertiary/aromatic N) is 2. The minimum Gasteiger partial charge on any atom is -0.467 e. The molecule has 0 saturated carbocycles. The summed E-state index contributed by atoms with van der Waals surface area (Å²) in [5.41, 5.74) is -0.820. The van der Waals surface area contributed by atoms with Crippen LogP contribution in [0.5, 0.6) is 0 Å². The van der Waals surface area contributed by atoms with Gasteiger partial charge in [0.15, 0.2) is 0 Å². The number of methoxy groups -OCH3 is 1. The molecule has 12 heteroatoms. The van der Waals surface area contributed by atoms with E-state index in [4.69, 9.17) is 4.74 Å². The number of nitrogens with one attached hydrogen (secondary N) is 2. The molecule has 0 aliphatic heterocycles. The molecule has 1 heterocycles. The third kappa shape index (κ3) is 5.62. The largest absolute Gasteiger partial charge is 0.467 e. The van der Waals surface area contributed by atoms with Crippen molar-refractivity contribution < 1.29 is 31.1 Å². The minimum atomic E-state index is -4.85. The monoisotopic (exact) mass is 496 g/mol. The summed E-state index contributed by atoms with van der Waals surface area (Å²) in [6.07, 6.45) is -4.85. The highest BCUT2D eigenvalue weighted by molar-refractivity contribution is 7.89. The maximum atomic E-state index is 13.3. The molecule has 0 radical (unpaired) electrons. The van der Waals surface area contributed by atoms with E-state index in [1.165, 1.54) is 13.2 Å². The number of anilines is 1. The van der Waals surface area contributed by atoms with Crippen LogP contribution in [0.1, 0.15) is 25.2 Å². The van der Waals surface area contributed by atoms with Gasteiger partial charge in [0.25, 0.3) is 0 Å². The Kier molecular flexibility index (Phi) is 7.41. The number of benzene rings is 2. The zero-order valence-corrected chi connectivity index (χ0v) is 19.4. The summed E-state index contributed by atoms with van der Waals surface area (Å²) in [5, 5.41) is 3.59. The Morgan fingerprint density at radius 3 is 2.35 bits per heavy atom. The van der Waals surface area contributed by atoms with Crippen LogP contribution in [0.3, 0.4) is 0 Å². The van der Waals surface area contributed by atoms with Crippen LogP contribution >= 0.6 is 0 Å². The Morgan fingerprint density at radius 1 is 1.06 bits per heavy atom. The Hall–Kier alpha value is -3.25. The van der Waals surface area contributed by atoms with Crippen molar-refractivity contribution in [1.82, 2.24) is 14.7 Å². The molecule has 8 nitrogen and oxygen atoms in total. The molecule has 0 bridgehead atoms. The molecular formula is C22H23F3N4O4S. The molecule has 2 N–H and O–H groups in total. The molecule has 1 atom stereocenters. The number of carbonyl (C=O) groups excluding carboxylic acids is 1. The van der Waals surface area contributed by atoms with Crippen molar-refractivity contribution in [1.29, 1.82) is 0 Å². The van der Waals surface area contributed by atoms with Crippen molar-refractivity contribution in [2.75, 3.05) is 12.4 Å². The molecule has 0 aliphatic carbocycles. The summed E-state index contributed by atoms with van der Waals surface area (Å²) >= 11 is 0. The average molecular weight is 497 g/mol. The first kappa shape index (κ1) is 25.4. The van der Waals surface area contributed by atoms with E-state index < -0.39 is 45.2 Å². The molecule has 182 valence electrons. The van der Waals surface area contributed by atoms with E-state index in [1.807, 2.05) is 13.8 Å². The van der Waals surface area contributed by atoms with Crippen molar-refractivity contribution in [2.45, 2.75) is 37.5 Å². The number of ether oxygens (including phenoxy) is 1. The lowest BCUT2D eigenvalue weighted by Gasteiger charge is -2.21. The van der Waals surface area contributed by atoms with E-state index in [1.54, 1.807) is 24.3 Å². The number of rotatable bonds is 8. The molecule has 34 heavy (non-hydrogen) atoms. The lowest BCUT2D eigenvalue weighted by molar-refractivity contribution is -0.142. The summed E-state index contributed by atoms with van der Waals surface area (Å²) in [6.45, 7) is 3.15. The average Bonchev–Trinajstić information content (AvgIpc) is 2.80. The van der Waals surface area contributed by atoms with E-state index in [9.17, 15) is 26.4 Å². The zero-order chi connectivity index (χ0) is 25.1. The molecule has 3 rings (SSSR count). The Balaban J connectivity index is 1.95. The van der Waals surface area contributed by atoms with Gasteiger partial charge in [-0.1, -0.05) is 38.1 Å². The molecule has 0 amide bonds. The molecule has 3 aromatic rings. The fourth-order valence-corrected chi connectivity index (χ4v) is 4.46. The van der Waals surface area contributed by atoms with Gasteiger partial charge >= 0.3 is 12.1 Å². The zero-order valence-electron chi connectivity index (χ0n) is 18.6. The second kappa shape index (κ2) is 9.94. The lowest BCUT2D eigenvalue weighted by Crippen LogP contribution is -2.36. The van der Waals surface area contributed by atoms with E-state index >= 15 is 0 Å². The van der Waals surface area contributed by atoms with Gasteiger partial charge in [-0.2, -0.15) is 13.2 Å². The second-order valence-electron chi connectivity index (χ2n) is 7.71. The highest BCUT2D eigenvalue weighted by Gasteiger charge is 2.36. The van der Waals surface area contributed by atoms with Crippen LogP contribution in [-0.2, 0) is 32.3 Å². The number of aromatic nitrogens is 2. The van der Waals surface area contributed by atoms with Gasteiger partial charge in [-0.25, -0.2) is 27.9 Å². The summed E-state index contributed by atoms with van der Waals surface area (Å²) in [7, 11) is -3.28. The molecule has 0 saturated heterocycles. The summed E-state index contributed by atoms with van der Waals surface area (Å²) in [4.78, 5) is 19.9. The van der Waals surface area contributed by atoms with Crippen LogP contribution in [0, 0.1) is 5.92 Å². The van der Waals surface area contributed by atoms with Crippen molar-refractivity contribution in [2.24, 2.45) is 5.92 Å². The van der Waals surface area contributed by atoms with E-state index in [-0.39, 0.29) is 17.6 Å². The molecule has 1 aromatic heterocycles. The standard InChI is InChI=1S/C22H23F3N4O4S/c1-13(2)19(21(30)33-3)29-20-14-8-4-6-10-16(14)27-18(28-20)12-26-34(31,32)17-11-7-5-9-15(17)22(23,24)25/h4-11,13,19,26H,12H2,1-3H3,(H,27,28,29)/t19-/m0/s1. The fourth-order valence-electron chi connectivity index (χ4n) is 3.26. The van der Waals surface area contributed by atoms with E-state index in [0.29, 0.717) is 17.0 Å². The minimum absolute atomic E-state index is 0.00152. The Labute approximate surface area is 194 Å². The van der Waals surface area contributed by atoms with Gasteiger partial charge < -0.3 is 10.1 Å². The SMILES string of the molecule is COC(=O)[C@@H](Nc1nc(CNS(=O)(=O)c2ccccc2C(F)(F)F)nc2ccccc12)C(C)C. The predicted molar refractivity (Wildman–Crippen MR) is 119 cm³/mol. The first-order valence-corrected chi connectivity index (χ1v) is 11.7. The first-order valence-electron chi connectivity index (χ1n) is 10.2. The summed E-state index contributed by atoms with van der Waals surface area (Å²) < 4.78 is 72.2. The lowest BCUT2D eigenvalue weighted by atomic mass is 10.0. The van der Waals surface area contributed by atoms with Crippen molar-refractivity contribution in [3.05, 3.63) is 59.9 Å². The number of hydrogen-bond acceptors (Lipinski definition) is 7. The fraction of sp³-hybridized carbons (Fsp3) is 0.318. The highest BCUT2D eigenvalue weighted by Crippen LogP contribution is 2.34. The molecule has 0 unspecified atom stereocenters. The number of alkyl halides is 3.